The van der Waals surface area contributed by atoms with Gasteiger partial charge in [-0.15, -0.1) is 0 Å². The normalized spacial score (nSPS) is 8.89. The average molecular weight is 250 g/mol. The van der Waals surface area contributed by atoms with Crippen molar-refractivity contribution in [2.45, 2.75) is 61.9 Å². The third-order valence-electron chi connectivity index (χ3n) is 2.35. The summed E-state index contributed by atoms with van der Waals surface area (Å²) >= 11 is 0. The number of fused-ring (bicyclic) bond motifs is 1. The number of pyridine rings is 1. The molecule has 0 aromatic carbocycles. The van der Waals surface area contributed by atoms with Gasteiger partial charge in [-0.25, -0.2) is 0 Å². The summed E-state index contributed by atoms with van der Waals surface area (Å²) in [5.74, 6) is 0. The van der Waals surface area contributed by atoms with Crippen LogP contribution in [-0.4, -0.2) is 9.55 Å². The highest BCUT2D eigenvalue weighted by atomic mass is 15.0. The molecule has 0 saturated carbocycles. The molecule has 104 valence electrons. The minimum Gasteiger partial charge on any atom is -0.341 e. The molecule has 2 rings (SSSR count). The lowest BCUT2D eigenvalue weighted by molar-refractivity contribution is 0.607. The van der Waals surface area contributed by atoms with Gasteiger partial charge in [0.1, 0.15) is 0 Å². The van der Waals surface area contributed by atoms with E-state index in [4.69, 9.17) is 0 Å². The summed E-state index contributed by atoms with van der Waals surface area (Å²) in [6.45, 7) is 14.5. The summed E-state index contributed by atoms with van der Waals surface area (Å²) in [5, 5.41) is 1.28. The second kappa shape index (κ2) is 9.69. The van der Waals surface area contributed by atoms with Gasteiger partial charge in [-0.2, -0.15) is 0 Å². The van der Waals surface area contributed by atoms with Gasteiger partial charge in [-0.1, -0.05) is 35.1 Å². The zero-order chi connectivity index (χ0) is 13.4. The first-order valence-electron chi connectivity index (χ1n) is 6.61. The fraction of sp³-hybridized carbons (Fsp3) is 0.562. The molecule has 0 aliphatic rings. The molecule has 0 N–H and O–H groups in total. The van der Waals surface area contributed by atoms with Crippen molar-refractivity contribution in [3.63, 3.8) is 0 Å². The van der Waals surface area contributed by atoms with E-state index in [0.29, 0.717) is 6.04 Å². The fourth-order valence-electron chi connectivity index (χ4n) is 1.89. The first-order chi connectivity index (χ1) is 8.20. The molecule has 2 heteroatoms. The van der Waals surface area contributed by atoms with Crippen molar-refractivity contribution in [1.29, 1.82) is 0 Å². The topological polar surface area (TPSA) is 17.8 Å². The Morgan fingerprint density at radius 1 is 1.11 bits per heavy atom. The van der Waals surface area contributed by atoms with Gasteiger partial charge in [0.05, 0.1) is 11.7 Å². The molecule has 0 atom stereocenters. The number of aromatic nitrogens is 2. The average Bonchev–Trinajstić information content (AvgIpc) is 2.70. The molecular weight excluding hydrogens is 220 g/mol. The van der Waals surface area contributed by atoms with E-state index in [-0.39, 0.29) is 7.43 Å². The van der Waals surface area contributed by atoms with Crippen molar-refractivity contribution >= 4 is 10.9 Å². The SMILES string of the molecule is C.CC.CC.Cc1cc2ccncc2n1C(C)C. The first kappa shape index (κ1) is 19.0. The number of hydrogen-bond acceptors (Lipinski definition) is 1. The van der Waals surface area contributed by atoms with Crippen LogP contribution in [0.4, 0.5) is 0 Å². The Hall–Kier alpha value is -1.31. The van der Waals surface area contributed by atoms with Gasteiger partial charge < -0.3 is 4.57 Å². The molecule has 2 aromatic rings. The molecule has 0 spiro atoms. The summed E-state index contributed by atoms with van der Waals surface area (Å²) in [7, 11) is 0. The van der Waals surface area contributed by atoms with Gasteiger partial charge in [0, 0.05) is 23.3 Å². The summed E-state index contributed by atoms with van der Waals surface area (Å²) in [4.78, 5) is 4.15. The molecule has 0 aliphatic carbocycles. The Labute approximate surface area is 113 Å². The van der Waals surface area contributed by atoms with Crippen molar-refractivity contribution in [1.82, 2.24) is 9.55 Å². The molecule has 0 aliphatic heterocycles. The van der Waals surface area contributed by atoms with Crippen molar-refractivity contribution in [3.05, 3.63) is 30.2 Å². The van der Waals surface area contributed by atoms with E-state index in [1.165, 1.54) is 16.6 Å². The highest BCUT2D eigenvalue weighted by Crippen LogP contribution is 2.22. The smallest absolute Gasteiger partial charge is 0.0671 e. The van der Waals surface area contributed by atoms with Crippen LogP contribution < -0.4 is 0 Å². The third kappa shape index (κ3) is 4.17. The van der Waals surface area contributed by atoms with Crippen LogP contribution in [-0.2, 0) is 0 Å². The van der Waals surface area contributed by atoms with E-state index < -0.39 is 0 Å². The van der Waals surface area contributed by atoms with Crippen LogP contribution in [0.3, 0.4) is 0 Å². The van der Waals surface area contributed by atoms with Crippen LogP contribution in [0, 0.1) is 6.92 Å². The Morgan fingerprint density at radius 2 is 1.67 bits per heavy atom. The Kier molecular flexibility index (Phi) is 10.3. The van der Waals surface area contributed by atoms with E-state index in [2.05, 4.69) is 42.5 Å². The molecule has 2 nitrogen and oxygen atoms in total. The van der Waals surface area contributed by atoms with Crippen LogP contribution in [0.1, 0.15) is 60.7 Å². The summed E-state index contributed by atoms with van der Waals surface area (Å²) in [5.41, 5.74) is 2.54. The lowest BCUT2D eigenvalue weighted by Crippen LogP contribution is -2.01. The molecule has 0 amide bonds. The van der Waals surface area contributed by atoms with Crippen LogP contribution in [0.25, 0.3) is 10.9 Å². The quantitative estimate of drug-likeness (QED) is 0.643. The van der Waals surface area contributed by atoms with Crippen molar-refractivity contribution < 1.29 is 0 Å². The predicted molar refractivity (Wildman–Crippen MR) is 84.3 cm³/mol. The highest BCUT2D eigenvalue weighted by Gasteiger charge is 2.07. The van der Waals surface area contributed by atoms with E-state index in [0.717, 1.165) is 0 Å². The van der Waals surface area contributed by atoms with Gasteiger partial charge in [0.2, 0.25) is 0 Å². The molecular formula is C16H30N2. The Bertz CT molecular complexity index is 428. The van der Waals surface area contributed by atoms with Crippen LogP contribution in [0.15, 0.2) is 24.5 Å². The van der Waals surface area contributed by atoms with E-state index in [1.807, 2.05) is 40.1 Å². The standard InChI is InChI=1S/C11H14N2.2C2H6.CH4/c1-8(2)13-9(3)6-10-4-5-12-7-11(10)13;2*1-2;/h4-8H,1-3H3;2*1-2H3;1H4. The summed E-state index contributed by atoms with van der Waals surface area (Å²) in [6, 6.07) is 4.76. The third-order valence-corrected chi connectivity index (χ3v) is 2.35. The molecule has 0 radical (unpaired) electrons. The number of aryl methyl sites for hydroxylation is 1. The minimum atomic E-state index is 0. The molecule has 0 saturated heterocycles. The van der Waals surface area contributed by atoms with Gasteiger partial charge >= 0.3 is 0 Å². The molecule has 18 heavy (non-hydrogen) atoms. The van der Waals surface area contributed by atoms with Crippen LogP contribution in [0.2, 0.25) is 0 Å². The first-order valence-corrected chi connectivity index (χ1v) is 6.61. The molecule has 0 fully saturated rings. The number of rotatable bonds is 1. The van der Waals surface area contributed by atoms with Gasteiger partial charge in [-0.05, 0) is 32.9 Å². The molecule has 2 heterocycles. The summed E-state index contributed by atoms with van der Waals surface area (Å²) in [6.07, 6.45) is 3.77. The highest BCUT2D eigenvalue weighted by molar-refractivity contribution is 5.80. The van der Waals surface area contributed by atoms with Crippen molar-refractivity contribution in [2.24, 2.45) is 0 Å². The van der Waals surface area contributed by atoms with Gasteiger partial charge in [0.15, 0.2) is 0 Å². The van der Waals surface area contributed by atoms with Crippen LogP contribution in [0.5, 0.6) is 0 Å². The van der Waals surface area contributed by atoms with E-state index in [1.54, 1.807) is 0 Å². The lowest BCUT2D eigenvalue weighted by atomic mass is 10.3. The number of nitrogens with zero attached hydrogens (tertiary/aromatic N) is 2. The Morgan fingerprint density at radius 3 is 2.17 bits per heavy atom. The monoisotopic (exact) mass is 250 g/mol. The molecule has 0 unspecified atom stereocenters. The number of hydrogen-bond donors (Lipinski definition) is 0. The predicted octanol–water partition coefficient (Wildman–Crippen LogP) is 5.61. The largest absolute Gasteiger partial charge is 0.341 e. The van der Waals surface area contributed by atoms with Gasteiger partial charge in [-0.3, -0.25) is 4.98 Å². The lowest BCUT2D eigenvalue weighted by Gasteiger charge is -2.11. The van der Waals surface area contributed by atoms with Crippen molar-refractivity contribution in [2.75, 3.05) is 0 Å². The zero-order valence-corrected chi connectivity index (χ0v) is 12.3. The maximum atomic E-state index is 4.15. The maximum Gasteiger partial charge on any atom is 0.0671 e. The fourth-order valence-corrected chi connectivity index (χ4v) is 1.89. The Balaban J connectivity index is 0. The molecule has 2 aromatic heterocycles. The van der Waals surface area contributed by atoms with Crippen LogP contribution >= 0.6 is 0 Å². The second-order valence-electron chi connectivity index (χ2n) is 3.68. The zero-order valence-electron chi connectivity index (χ0n) is 12.3. The van der Waals surface area contributed by atoms with E-state index >= 15 is 0 Å². The molecule has 0 bridgehead atoms. The summed E-state index contributed by atoms with van der Waals surface area (Å²) < 4.78 is 2.31. The maximum absolute atomic E-state index is 4.15. The second-order valence-corrected chi connectivity index (χ2v) is 3.68. The van der Waals surface area contributed by atoms with Gasteiger partial charge in [0.25, 0.3) is 0 Å². The van der Waals surface area contributed by atoms with Crippen molar-refractivity contribution in [3.8, 4) is 0 Å². The minimum absolute atomic E-state index is 0. The van der Waals surface area contributed by atoms with E-state index in [9.17, 15) is 0 Å².